The lowest BCUT2D eigenvalue weighted by molar-refractivity contribution is -0.142. The maximum absolute atomic E-state index is 14.4. The summed E-state index contributed by atoms with van der Waals surface area (Å²) in [4.78, 5) is 68.5. The molecule has 0 fully saturated rings. The fraction of sp³-hybridized carbons (Fsp3) is 0.900. The smallest absolute Gasteiger partial charge is 0.326 e. The molecular formula is C50H102N10O6. The Bertz CT molecular complexity index is 1390. The van der Waals surface area contributed by atoms with Crippen molar-refractivity contribution in [2.75, 3.05) is 32.7 Å². The summed E-state index contributed by atoms with van der Waals surface area (Å²) in [5.41, 5.74) is 6.05. The normalized spacial score (nSPS) is 15.0. The number of carbonyl (C=O) groups excluding carboxylic acids is 4. The Kier molecular flexibility index (Phi) is 29.9. The van der Waals surface area contributed by atoms with Crippen LogP contribution in [0.3, 0.4) is 0 Å². The third-order valence-corrected chi connectivity index (χ3v) is 10.7. The first kappa shape index (κ1) is 63.1. The number of aliphatic carboxylic acids is 1. The lowest BCUT2D eigenvalue weighted by atomic mass is 10.0. The van der Waals surface area contributed by atoms with Crippen molar-refractivity contribution in [2.45, 2.75) is 258 Å². The minimum Gasteiger partial charge on any atom is -0.480 e. The van der Waals surface area contributed by atoms with Crippen molar-refractivity contribution in [2.24, 2.45) is 5.73 Å². The summed E-state index contributed by atoms with van der Waals surface area (Å²) in [6.07, 6.45) is 8.53. The van der Waals surface area contributed by atoms with Gasteiger partial charge in [-0.3, -0.25) is 19.2 Å². The zero-order valence-electron chi connectivity index (χ0n) is 44.6. The van der Waals surface area contributed by atoms with Crippen LogP contribution in [0.4, 0.5) is 0 Å². The molecule has 0 aliphatic carbocycles. The molecule has 0 rings (SSSR count). The van der Waals surface area contributed by atoms with Crippen LogP contribution >= 0.6 is 0 Å². The highest BCUT2D eigenvalue weighted by atomic mass is 16.4. The number of rotatable bonds is 34. The van der Waals surface area contributed by atoms with E-state index in [4.69, 9.17) is 5.73 Å². The van der Waals surface area contributed by atoms with Crippen molar-refractivity contribution in [3.05, 3.63) is 0 Å². The van der Waals surface area contributed by atoms with Gasteiger partial charge < -0.3 is 58.7 Å². The molecule has 12 N–H and O–H groups in total. The molecular weight excluding hydrogens is 837 g/mol. The molecule has 5 atom stereocenters. The van der Waals surface area contributed by atoms with Crippen LogP contribution in [0, 0.1) is 0 Å². The van der Waals surface area contributed by atoms with Gasteiger partial charge in [0, 0.05) is 27.7 Å². The van der Waals surface area contributed by atoms with Crippen molar-refractivity contribution >= 4 is 29.6 Å². The summed E-state index contributed by atoms with van der Waals surface area (Å²) in [5.74, 6) is -3.18. The van der Waals surface area contributed by atoms with Crippen LogP contribution in [0.2, 0.25) is 0 Å². The number of hydrogen-bond acceptors (Lipinski definition) is 11. The van der Waals surface area contributed by atoms with E-state index in [2.05, 4.69) is 152 Å². The van der Waals surface area contributed by atoms with Gasteiger partial charge in [0.25, 0.3) is 0 Å². The van der Waals surface area contributed by atoms with Crippen molar-refractivity contribution in [1.29, 1.82) is 0 Å². The van der Waals surface area contributed by atoms with Crippen LogP contribution in [0.15, 0.2) is 0 Å². The Hall–Kier alpha value is -2.89. The third-order valence-electron chi connectivity index (χ3n) is 10.7. The van der Waals surface area contributed by atoms with E-state index in [-0.39, 0.29) is 47.0 Å². The Balaban J connectivity index is 6.44. The van der Waals surface area contributed by atoms with Crippen molar-refractivity contribution < 1.29 is 29.1 Å². The van der Waals surface area contributed by atoms with Crippen molar-refractivity contribution in [1.82, 2.24) is 47.9 Å². The molecule has 388 valence electrons. The van der Waals surface area contributed by atoms with Crippen LogP contribution in [0.5, 0.6) is 0 Å². The zero-order chi connectivity index (χ0) is 50.8. The van der Waals surface area contributed by atoms with Crippen molar-refractivity contribution in [3.8, 4) is 0 Å². The highest BCUT2D eigenvalue weighted by Gasteiger charge is 2.32. The second kappa shape index (κ2) is 31.3. The van der Waals surface area contributed by atoms with Crippen LogP contribution in [-0.4, -0.2) is 125 Å². The molecule has 0 aromatic rings. The molecule has 0 bridgehead atoms. The number of amides is 4. The van der Waals surface area contributed by atoms with Crippen LogP contribution in [0.25, 0.3) is 0 Å². The van der Waals surface area contributed by atoms with E-state index >= 15 is 0 Å². The molecule has 66 heavy (non-hydrogen) atoms. The fourth-order valence-electron chi connectivity index (χ4n) is 6.99. The van der Waals surface area contributed by atoms with E-state index in [1.54, 1.807) is 0 Å². The number of carboxylic acid groups (broad SMARTS) is 1. The summed E-state index contributed by atoms with van der Waals surface area (Å²) in [5, 5.41) is 38.9. The molecule has 16 heteroatoms. The lowest BCUT2D eigenvalue weighted by Gasteiger charge is -2.27. The second-order valence-electron chi connectivity index (χ2n) is 23.6. The molecule has 0 aromatic carbocycles. The SMILES string of the molecule is CC(C)(C)NCCCCC(NC(=O)[C@H](N)CCCCNC(C)(C)C)C(=O)N[C@@H](CCCCNC(C)(C)C)C(=O)NC(CCCCNC(C)(C)C)C(=O)N[C@@H](CCCCNC(C)(C)C)C(=O)O. The average molecular weight is 939 g/mol. The minimum atomic E-state index is -1.14. The predicted molar refractivity (Wildman–Crippen MR) is 271 cm³/mol. The van der Waals surface area contributed by atoms with Gasteiger partial charge in [-0.1, -0.05) is 6.42 Å². The van der Waals surface area contributed by atoms with E-state index in [1.165, 1.54) is 0 Å². The Morgan fingerprint density at radius 3 is 0.803 bits per heavy atom. The van der Waals surface area contributed by atoms with Gasteiger partial charge in [0.15, 0.2) is 0 Å². The number of unbranched alkanes of at least 4 members (excludes halogenated alkanes) is 5. The molecule has 2 unspecified atom stereocenters. The first-order valence-electron chi connectivity index (χ1n) is 25.2. The summed E-state index contributed by atoms with van der Waals surface area (Å²) in [6, 6.07) is -4.95. The summed E-state index contributed by atoms with van der Waals surface area (Å²) in [7, 11) is 0. The number of hydrogen-bond donors (Lipinski definition) is 11. The van der Waals surface area contributed by atoms with Gasteiger partial charge in [-0.25, -0.2) is 4.79 Å². The quantitative estimate of drug-likeness (QED) is 0.0377. The highest BCUT2D eigenvalue weighted by Crippen LogP contribution is 2.12. The van der Waals surface area contributed by atoms with Crippen LogP contribution in [0.1, 0.15) is 200 Å². The molecule has 0 heterocycles. The van der Waals surface area contributed by atoms with Gasteiger partial charge in [-0.2, -0.15) is 0 Å². The number of carboxylic acids is 1. The molecule has 4 amide bonds. The standard InChI is InChI=1S/C50H102N10O6/c1-46(2,3)52-31-21-16-26-36(51)41(61)57-37(27-17-22-32-53-47(4,5)6)42(62)58-38(28-18-23-33-54-48(7,8)9)43(63)59-39(29-19-24-34-55-49(10,11)12)44(64)60-40(45(65)66)30-20-25-35-56-50(13,14)15/h36-40,52-56H,16-35,51H2,1-15H3,(H,57,61)(H,58,62)(H,59,63)(H,60,64)(H,65,66)/t36-,37?,38+,39?,40+/m1/s1. The third kappa shape index (κ3) is 36.2. The summed E-state index contributed by atoms with van der Waals surface area (Å²) in [6.45, 7) is 34.9. The molecule has 16 nitrogen and oxygen atoms in total. The monoisotopic (exact) mass is 939 g/mol. The fourth-order valence-corrected chi connectivity index (χ4v) is 6.99. The van der Waals surface area contributed by atoms with E-state index in [0.29, 0.717) is 58.2 Å². The Morgan fingerprint density at radius 1 is 0.348 bits per heavy atom. The lowest BCUT2D eigenvalue weighted by Crippen LogP contribution is -2.58. The van der Waals surface area contributed by atoms with Gasteiger partial charge in [-0.15, -0.1) is 0 Å². The largest absolute Gasteiger partial charge is 0.480 e. The van der Waals surface area contributed by atoms with Crippen LogP contribution in [-0.2, 0) is 24.0 Å². The molecule has 0 spiro atoms. The van der Waals surface area contributed by atoms with Gasteiger partial charge in [0.2, 0.25) is 23.6 Å². The number of carbonyl (C=O) groups is 5. The molecule has 0 saturated heterocycles. The maximum Gasteiger partial charge on any atom is 0.326 e. The van der Waals surface area contributed by atoms with E-state index in [9.17, 15) is 29.1 Å². The minimum absolute atomic E-state index is 0.00935. The highest BCUT2D eigenvalue weighted by molar-refractivity contribution is 5.95. The van der Waals surface area contributed by atoms with Gasteiger partial charge in [0.05, 0.1) is 6.04 Å². The molecule has 0 aliphatic heterocycles. The first-order chi connectivity index (χ1) is 30.3. The van der Waals surface area contributed by atoms with Gasteiger partial charge in [0.1, 0.15) is 24.2 Å². The summed E-state index contributed by atoms with van der Waals surface area (Å²) >= 11 is 0. The second-order valence-corrected chi connectivity index (χ2v) is 23.6. The first-order valence-corrected chi connectivity index (χ1v) is 25.2. The molecule has 0 saturated carbocycles. The Labute approximate surface area is 402 Å². The van der Waals surface area contributed by atoms with E-state index in [1.807, 2.05) is 0 Å². The van der Waals surface area contributed by atoms with Gasteiger partial charge >= 0.3 is 5.97 Å². The summed E-state index contributed by atoms with van der Waals surface area (Å²) < 4.78 is 0. The molecule has 0 radical (unpaired) electrons. The van der Waals surface area contributed by atoms with E-state index in [0.717, 1.165) is 51.6 Å². The zero-order valence-corrected chi connectivity index (χ0v) is 44.6. The molecule has 0 aromatic heterocycles. The average Bonchev–Trinajstić information content (AvgIpc) is 3.15. The Morgan fingerprint density at radius 2 is 0.561 bits per heavy atom. The predicted octanol–water partition coefficient (Wildman–Crippen LogP) is 5.13. The molecule has 0 aliphatic rings. The number of nitrogens with two attached hydrogens (primary N) is 1. The number of nitrogens with one attached hydrogen (secondary N) is 9. The van der Waals surface area contributed by atoms with Gasteiger partial charge in [-0.05, 0) is 226 Å². The van der Waals surface area contributed by atoms with E-state index < -0.39 is 59.8 Å². The topological polar surface area (TPSA) is 240 Å². The van der Waals surface area contributed by atoms with Crippen molar-refractivity contribution in [3.63, 3.8) is 0 Å². The van der Waals surface area contributed by atoms with Crippen LogP contribution < -0.4 is 53.6 Å². The maximum atomic E-state index is 14.4.